The van der Waals surface area contributed by atoms with Gasteiger partial charge in [-0.1, -0.05) is 18.2 Å². The van der Waals surface area contributed by atoms with Gasteiger partial charge in [-0.2, -0.15) is 5.26 Å². The number of hydroxylamine groups is 1. The maximum absolute atomic E-state index is 11.5. The Hall–Kier alpha value is -1.53. The highest BCUT2D eigenvalue weighted by atomic mass is 16.5. The molecule has 0 aliphatic carbocycles. The molecule has 0 spiro atoms. The predicted molar refractivity (Wildman–Crippen MR) is 50.0 cm³/mol. The Bertz CT molecular complexity index is 356. The van der Waals surface area contributed by atoms with E-state index in [2.05, 4.69) is 0 Å². The lowest BCUT2D eigenvalue weighted by atomic mass is 9.98. The molecule has 0 amide bonds. The van der Waals surface area contributed by atoms with Gasteiger partial charge in [0, 0.05) is 5.69 Å². The van der Waals surface area contributed by atoms with Crippen molar-refractivity contribution in [2.24, 2.45) is 0 Å². The predicted octanol–water partition coefficient (Wildman–Crippen LogP) is 1.83. The van der Waals surface area contributed by atoms with Crippen LogP contribution in [0, 0.1) is 16.5 Å². The van der Waals surface area contributed by atoms with Crippen LogP contribution in [0.3, 0.4) is 0 Å². The number of rotatable bonds is 0. The van der Waals surface area contributed by atoms with Gasteiger partial charge in [0.25, 0.3) is 0 Å². The van der Waals surface area contributed by atoms with E-state index in [1.165, 1.54) is 0 Å². The van der Waals surface area contributed by atoms with Crippen molar-refractivity contribution >= 4 is 5.69 Å². The largest absolute Gasteiger partial charge is 0.757 e. The lowest BCUT2D eigenvalue weighted by Crippen LogP contribution is -2.33. The monoisotopic (exact) mass is 173 g/mol. The van der Waals surface area contributed by atoms with Crippen LogP contribution in [-0.2, 0) is 6.42 Å². The Kier molecular flexibility index (Phi) is 1.91. The number of nitriles is 1. The van der Waals surface area contributed by atoms with E-state index in [-0.39, 0.29) is 0 Å². The van der Waals surface area contributed by atoms with Crippen LogP contribution < -0.4 is 5.06 Å². The van der Waals surface area contributed by atoms with Gasteiger partial charge < -0.3 is 10.3 Å². The Morgan fingerprint density at radius 1 is 1.46 bits per heavy atom. The average Bonchev–Trinajstić information content (AvgIpc) is 2.19. The molecule has 66 valence electrons. The summed E-state index contributed by atoms with van der Waals surface area (Å²) < 4.78 is 0. The summed E-state index contributed by atoms with van der Waals surface area (Å²) in [5.74, 6) is 0. The van der Waals surface area contributed by atoms with Crippen LogP contribution in [0.25, 0.3) is 0 Å². The molecule has 0 aromatic heterocycles. The number of para-hydroxylation sites is 1. The summed E-state index contributed by atoms with van der Waals surface area (Å²) in [5.41, 5.74) is 1.70. The first-order chi connectivity index (χ1) is 6.33. The molecule has 0 N–H and O–H groups in total. The van der Waals surface area contributed by atoms with Gasteiger partial charge in [-0.3, -0.25) is 0 Å². The van der Waals surface area contributed by atoms with Gasteiger partial charge in [0.2, 0.25) is 0 Å². The lowest BCUT2D eigenvalue weighted by molar-refractivity contribution is 0.672. The molecule has 0 radical (unpaired) electrons. The van der Waals surface area contributed by atoms with Crippen molar-refractivity contribution in [1.82, 2.24) is 0 Å². The first-order valence-electron chi connectivity index (χ1n) is 4.27. The van der Waals surface area contributed by atoms with Crippen molar-refractivity contribution in [1.29, 1.82) is 5.26 Å². The zero-order chi connectivity index (χ0) is 9.26. The molecule has 3 nitrogen and oxygen atoms in total. The second-order valence-electron chi connectivity index (χ2n) is 3.14. The van der Waals surface area contributed by atoms with Gasteiger partial charge >= 0.3 is 0 Å². The molecule has 1 atom stereocenters. The molecule has 0 bridgehead atoms. The minimum atomic E-state index is -0.505. The van der Waals surface area contributed by atoms with Crippen LogP contribution in [0.1, 0.15) is 12.0 Å². The van der Waals surface area contributed by atoms with Crippen LogP contribution in [0.15, 0.2) is 24.3 Å². The molecule has 0 saturated carbocycles. The van der Waals surface area contributed by atoms with E-state index in [0.717, 1.165) is 17.0 Å². The van der Waals surface area contributed by atoms with E-state index in [4.69, 9.17) is 5.26 Å². The molecule has 2 rings (SSSR count). The van der Waals surface area contributed by atoms with Crippen molar-refractivity contribution in [2.45, 2.75) is 18.9 Å². The number of hydrogen-bond donors (Lipinski definition) is 0. The maximum atomic E-state index is 11.5. The van der Waals surface area contributed by atoms with Crippen LogP contribution in [0.4, 0.5) is 5.69 Å². The molecule has 1 heterocycles. The van der Waals surface area contributed by atoms with E-state index >= 15 is 0 Å². The summed E-state index contributed by atoms with van der Waals surface area (Å²) in [6.07, 6.45) is 1.46. The quantitative estimate of drug-likeness (QED) is 0.601. The number of anilines is 1. The summed E-state index contributed by atoms with van der Waals surface area (Å²) in [6, 6.07) is 8.95. The Labute approximate surface area is 76.8 Å². The fourth-order valence-corrected chi connectivity index (χ4v) is 1.63. The third-order valence-electron chi connectivity index (χ3n) is 2.35. The van der Waals surface area contributed by atoms with E-state index < -0.39 is 6.04 Å². The second kappa shape index (κ2) is 3.08. The molecule has 0 saturated heterocycles. The molecule has 1 aliphatic heterocycles. The molecule has 1 aromatic rings. The zero-order valence-electron chi connectivity index (χ0n) is 7.10. The second-order valence-corrected chi connectivity index (χ2v) is 3.14. The summed E-state index contributed by atoms with van der Waals surface area (Å²) >= 11 is 0. The third kappa shape index (κ3) is 1.25. The molecule has 3 heteroatoms. The average molecular weight is 173 g/mol. The standard InChI is InChI=1S/C10H9N2O/c11-7-9-6-5-8-3-1-2-4-10(8)12(9)13/h1-4,9H,5-6H2/q-1. The first-order valence-corrected chi connectivity index (χ1v) is 4.27. The summed E-state index contributed by atoms with van der Waals surface area (Å²) in [6.45, 7) is 0. The van der Waals surface area contributed by atoms with Crippen LogP contribution >= 0.6 is 0 Å². The fourth-order valence-electron chi connectivity index (χ4n) is 1.63. The van der Waals surface area contributed by atoms with Gasteiger partial charge in [-0.05, 0) is 24.5 Å². The molecule has 1 aromatic carbocycles. The smallest absolute Gasteiger partial charge is 0.107 e. The van der Waals surface area contributed by atoms with E-state index in [1.54, 1.807) is 6.07 Å². The molecule has 0 fully saturated rings. The number of hydrogen-bond acceptors (Lipinski definition) is 3. The van der Waals surface area contributed by atoms with Crippen molar-refractivity contribution < 1.29 is 0 Å². The highest BCUT2D eigenvalue weighted by molar-refractivity contribution is 5.58. The van der Waals surface area contributed by atoms with Crippen LogP contribution in [0.2, 0.25) is 0 Å². The van der Waals surface area contributed by atoms with Gasteiger partial charge in [0.15, 0.2) is 0 Å². The molecule has 1 aliphatic rings. The molecule has 13 heavy (non-hydrogen) atoms. The summed E-state index contributed by atoms with van der Waals surface area (Å²) in [4.78, 5) is 0. The normalized spacial score (nSPS) is 20.6. The van der Waals surface area contributed by atoms with Gasteiger partial charge in [-0.25, -0.2) is 0 Å². The van der Waals surface area contributed by atoms with Crippen molar-refractivity contribution in [3.63, 3.8) is 0 Å². The van der Waals surface area contributed by atoms with Crippen molar-refractivity contribution in [3.05, 3.63) is 35.0 Å². The molecule has 1 unspecified atom stereocenters. The van der Waals surface area contributed by atoms with Crippen LogP contribution in [0.5, 0.6) is 0 Å². The van der Waals surface area contributed by atoms with E-state index in [9.17, 15) is 5.21 Å². The highest BCUT2D eigenvalue weighted by Crippen LogP contribution is 2.28. The van der Waals surface area contributed by atoms with Crippen LogP contribution in [-0.4, -0.2) is 6.04 Å². The topological polar surface area (TPSA) is 50.1 Å². The molecular formula is C10H9N2O-. The van der Waals surface area contributed by atoms with Crippen molar-refractivity contribution in [3.8, 4) is 6.07 Å². The number of fused-ring (bicyclic) bond motifs is 1. The van der Waals surface area contributed by atoms with Gasteiger partial charge in [0.05, 0.1) is 6.07 Å². The lowest BCUT2D eigenvalue weighted by Gasteiger charge is -2.40. The number of nitrogens with zero attached hydrogens (tertiary/aromatic N) is 2. The van der Waals surface area contributed by atoms with Crippen molar-refractivity contribution in [2.75, 3.05) is 5.06 Å². The zero-order valence-corrected chi connectivity index (χ0v) is 7.10. The highest BCUT2D eigenvalue weighted by Gasteiger charge is 2.18. The Balaban J connectivity index is 2.40. The molecular weight excluding hydrogens is 164 g/mol. The van der Waals surface area contributed by atoms with E-state index in [0.29, 0.717) is 12.1 Å². The third-order valence-corrected chi connectivity index (χ3v) is 2.35. The van der Waals surface area contributed by atoms with E-state index in [1.807, 2.05) is 24.3 Å². The number of benzene rings is 1. The minimum Gasteiger partial charge on any atom is -0.757 e. The summed E-state index contributed by atoms with van der Waals surface area (Å²) in [7, 11) is 0. The fraction of sp³-hybridized carbons (Fsp3) is 0.300. The SMILES string of the molecule is N#CC1CCc2ccccc2N1[O-]. The Morgan fingerprint density at radius 2 is 2.23 bits per heavy atom. The first kappa shape index (κ1) is 8.09. The minimum absolute atomic E-state index is 0.505. The number of aryl methyl sites for hydroxylation is 1. The van der Waals surface area contributed by atoms with Gasteiger partial charge in [-0.15, -0.1) is 0 Å². The Morgan fingerprint density at radius 3 is 3.00 bits per heavy atom. The maximum Gasteiger partial charge on any atom is 0.107 e. The van der Waals surface area contributed by atoms with Gasteiger partial charge in [0.1, 0.15) is 6.04 Å². The summed E-state index contributed by atoms with van der Waals surface area (Å²) in [5, 5.41) is 21.1.